The fourth-order valence-electron chi connectivity index (χ4n) is 4.31. The second-order valence-corrected chi connectivity index (χ2v) is 9.77. The van der Waals surface area contributed by atoms with Crippen LogP contribution in [0.15, 0.2) is 48.5 Å². The molecule has 0 aliphatic carbocycles. The van der Waals surface area contributed by atoms with Crippen LogP contribution in [0.2, 0.25) is 0 Å². The van der Waals surface area contributed by atoms with Gasteiger partial charge in [-0.2, -0.15) is 0 Å². The Hall–Kier alpha value is -2.29. The average Bonchev–Trinajstić information content (AvgIpc) is 2.88. The van der Waals surface area contributed by atoms with Gasteiger partial charge in [-0.15, -0.1) is 0 Å². The van der Waals surface area contributed by atoms with E-state index in [1.165, 1.54) is 64.2 Å². The van der Waals surface area contributed by atoms with Crippen LogP contribution >= 0.6 is 0 Å². The normalized spacial score (nSPS) is 11.9. The monoisotopic (exact) mass is 480 g/mol. The standard InChI is InChI=1S/C32H48O3/c1-4-6-8-10-11-12-14-16-26-34-31-24-22-30(23-25-31)29-20-18-28(19-21-29)27(3)35-32(33)17-15-13-9-7-5-2/h18-25,27H,4-17,26H2,1-3H3. The van der Waals surface area contributed by atoms with E-state index in [9.17, 15) is 4.79 Å². The summed E-state index contributed by atoms with van der Waals surface area (Å²) in [7, 11) is 0. The van der Waals surface area contributed by atoms with Gasteiger partial charge in [0, 0.05) is 6.42 Å². The lowest BCUT2D eigenvalue weighted by molar-refractivity contribution is -0.148. The highest BCUT2D eigenvalue weighted by Gasteiger charge is 2.12. The van der Waals surface area contributed by atoms with Crippen molar-refractivity contribution in [3.8, 4) is 16.9 Å². The second-order valence-electron chi connectivity index (χ2n) is 9.77. The third-order valence-corrected chi connectivity index (χ3v) is 6.63. The van der Waals surface area contributed by atoms with Crippen LogP contribution in [-0.2, 0) is 9.53 Å². The summed E-state index contributed by atoms with van der Waals surface area (Å²) < 4.78 is 11.6. The third kappa shape index (κ3) is 12.3. The maximum atomic E-state index is 12.1. The highest BCUT2D eigenvalue weighted by Crippen LogP contribution is 2.26. The van der Waals surface area contributed by atoms with Gasteiger partial charge in [-0.3, -0.25) is 4.79 Å². The number of rotatable bonds is 19. The number of hydrogen-bond acceptors (Lipinski definition) is 3. The van der Waals surface area contributed by atoms with Crippen molar-refractivity contribution < 1.29 is 14.3 Å². The van der Waals surface area contributed by atoms with Crippen molar-refractivity contribution in [3.05, 3.63) is 54.1 Å². The van der Waals surface area contributed by atoms with Gasteiger partial charge in [0.05, 0.1) is 6.61 Å². The first-order valence-corrected chi connectivity index (χ1v) is 14.2. The summed E-state index contributed by atoms with van der Waals surface area (Å²) in [5, 5.41) is 0. The van der Waals surface area contributed by atoms with Crippen molar-refractivity contribution >= 4 is 5.97 Å². The van der Waals surface area contributed by atoms with Gasteiger partial charge < -0.3 is 9.47 Å². The Kier molecular flexibility index (Phi) is 14.9. The molecule has 2 aromatic rings. The Labute approximate surface area is 214 Å². The average molecular weight is 481 g/mol. The van der Waals surface area contributed by atoms with E-state index in [0.29, 0.717) is 6.42 Å². The quantitative estimate of drug-likeness (QED) is 0.148. The second kappa shape index (κ2) is 18.0. The lowest BCUT2D eigenvalue weighted by atomic mass is 10.0. The van der Waals surface area contributed by atoms with E-state index in [4.69, 9.17) is 9.47 Å². The van der Waals surface area contributed by atoms with Crippen LogP contribution in [-0.4, -0.2) is 12.6 Å². The summed E-state index contributed by atoms with van der Waals surface area (Å²) in [6, 6.07) is 16.6. The first-order valence-electron chi connectivity index (χ1n) is 14.2. The minimum atomic E-state index is -0.223. The van der Waals surface area contributed by atoms with Crippen LogP contribution < -0.4 is 4.74 Å². The molecule has 1 atom stereocenters. The summed E-state index contributed by atoms with van der Waals surface area (Å²) in [6.45, 7) is 7.20. The SMILES string of the molecule is CCCCCCCCCCOc1ccc(-c2ccc(C(C)OC(=O)CCCCCCC)cc2)cc1. The van der Waals surface area contributed by atoms with E-state index in [0.717, 1.165) is 48.3 Å². The maximum Gasteiger partial charge on any atom is 0.306 e. The molecule has 0 aromatic heterocycles. The number of benzene rings is 2. The topological polar surface area (TPSA) is 35.5 Å². The van der Waals surface area contributed by atoms with Crippen molar-refractivity contribution in [2.75, 3.05) is 6.61 Å². The molecule has 0 aliphatic rings. The Morgan fingerprint density at radius 3 is 1.71 bits per heavy atom. The molecule has 0 saturated heterocycles. The summed E-state index contributed by atoms with van der Waals surface area (Å²) in [5.41, 5.74) is 3.34. The van der Waals surface area contributed by atoms with Crippen molar-refractivity contribution in [1.29, 1.82) is 0 Å². The number of carbonyl (C=O) groups excluding carboxylic acids is 1. The van der Waals surface area contributed by atoms with E-state index in [1.54, 1.807) is 0 Å². The van der Waals surface area contributed by atoms with Gasteiger partial charge in [-0.25, -0.2) is 0 Å². The first kappa shape index (κ1) is 28.9. The molecule has 0 bridgehead atoms. The number of carbonyl (C=O) groups is 1. The number of ether oxygens (including phenoxy) is 2. The highest BCUT2D eigenvalue weighted by atomic mass is 16.5. The van der Waals surface area contributed by atoms with E-state index in [2.05, 4.69) is 62.4 Å². The number of esters is 1. The van der Waals surface area contributed by atoms with Crippen molar-refractivity contribution in [3.63, 3.8) is 0 Å². The fourth-order valence-corrected chi connectivity index (χ4v) is 4.31. The smallest absolute Gasteiger partial charge is 0.306 e. The van der Waals surface area contributed by atoms with Crippen LogP contribution in [0.3, 0.4) is 0 Å². The fraction of sp³-hybridized carbons (Fsp3) is 0.594. The molecule has 0 spiro atoms. The Morgan fingerprint density at radius 1 is 0.657 bits per heavy atom. The molecular weight excluding hydrogens is 432 g/mol. The molecule has 1 unspecified atom stereocenters. The van der Waals surface area contributed by atoms with Gasteiger partial charge in [0.15, 0.2) is 0 Å². The molecule has 3 heteroatoms. The highest BCUT2D eigenvalue weighted by molar-refractivity contribution is 5.69. The van der Waals surface area contributed by atoms with E-state index in [-0.39, 0.29) is 12.1 Å². The van der Waals surface area contributed by atoms with Gasteiger partial charge >= 0.3 is 5.97 Å². The molecule has 0 radical (unpaired) electrons. The van der Waals surface area contributed by atoms with Crippen LogP contribution in [0.25, 0.3) is 11.1 Å². The predicted octanol–water partition coefficient (Wildman–Crippen LogP) is 9.84. The lowest BCUT2D eigenvalue weighted by Gasteiger charge is -2.14. The van der Waals surface area contributed by atoms with Crippen LogP contribution in [0, 0.1) is 0 Å². The molecule has 194 valence electrons. The number of hydrogen-bond donors (Lipinski definition) is 0. The Balaban J connectivity index is 1.69. The molecule has 0 amide bonds. The van der Waals surface area contributed by atoms with Crippen molar-refractivity contribution in [2.45, 2.75) is 117 Å². The Morgan fingerprint density at radius 2 is 1.14 bits per heavy atom. The van der Waals surface area contributed by atoms with E-state index in [1.807, 2.05) is 6.92 Å². The van der Waals surface area contributed by atoms with E-state index >= 15 is 0 Å². The molecule has 0 aliphatic heterocycles. The summed E-state index contributed by atoms with van der Waals surface area (Å²) in [5.74, 6) is 0.837. The zero-order valence-electron chi connectivity index (χ0n) is 22.5. The predicted molar refractivity (Wildman–Crippen MR) is 148 cm³/mol. The van der Waals surface area contributed by atoms with Gasteiger partial charge in [0.25, 0.3) is 0 Å². The molecule has 0 N–H and O–H groups in total. The van der Waals surface area contributed by atoms with Gasteiger partial charge in [0.2, 0.25) is 0 Å². The summed E-state index contributed by atoms with van der Waals surface area (Å²) >= 11 is 0. The van der Waals surface area contributed by atoms with Crippen molar-refractivity contribution in [2.24, 2.45) is 0 Å². The third-order valence-electron chi connectivity index (χ3n) is 6.63. The molecule has 0 saturated carbocycles. The zero-order chi connectivity index (χ0) is 25.1. The van der Waals surface area contributed by atoms with Crippen LogP contribution in [0.4, 0.5) is 0 Å². The van der Waals surface area contributed by atoms with Crippen molar-refractivity contribution in [1.82, 2.24) is 0 Å². The minimum absolute atomic E-state index is 0.0966. The van der Waals surface area contributed by atoms with Crippen LogP contribution in [0.5, 0.6) is 5.75 Å². The number of unbranched alkanes of at least 4 members (excludes halogenated alkanes) is 11. The lowest BCUT2D eigenvalue weighted by Crippen LogP contribution is -2.08. The summed E-state index contributed by atoms with van der Waals surface area (Å²) in [4.78, 5) is 12.1. The van der Waals surface area contributed by atoms with Gasteiger partial charge in [-0.1, -0.05) is 121 Å². The van der Waals surface area contributed by atoms with E-state index < -0.39 is 0 Å². The molecule has 0 fully saturated rings. The largest absolute Gasteiger partial charge is 0.494 e. The molecule has 2 rings (SSSR count). The molecular formula is C32H48O3. The molecule has 0 heterocycles. The van der Waals surface area contributed by atoms with Gasteiger partial charge in [-0.05, 0) is 48.6 Å². The molecule has 2 aromatic carbocycles. The first-order chi connectivity index (χ1) is 17.1. The molecule has 35 heavy (non-hydrogen) atoms. The van der Waals surface area contributed by atoms with Gasteiger partial charge in [0.1, 0.15) is 11.9 Å². The molecule has 3 nitrogen and oxygen atoms in total. The van der Waals surface area contributed by atoms with Crippen LogP contribution in [0.1, 0.15) is 122 Å². The maximum absolute atomic E-state index is 12.1. The summed E-state index contributed by atoms with van der Waals surface area (Å²) in [6.07, 6.45) is 16.5. The minimum Gasteiger partial charge on any atom is -0.494 e. The Bertz CT molecular complexity index is 795. The zero-order valence-corrected chi connectivity index (χ0v) is 22.5.